The zero-order valence-corrected chi connectivity index (χ0v) is 28.2. The number of nitrogens with zero attached hydrogens (tertiary/aromatic N) is 4. The van der Waals surface area contributed by atoms with Crippen molar-refractivity contribution in [2.45, 2.75) is 82.8 Å². The van der Waals surface area contributed by atoms with E-state index in [1.807, 2.05) is 19.9 Å². The lowest BCUT2D eigenvalue weighted by Gasteiger charge is -2.34. The van der Waals surface area contributed by atoms with Crippen LogP contribution < -0.4 is 15.0 Å². The number of phenols is 1. The van der Waals surface area contributed by atoms with Crippen molar-refractivity contribution >= 4 is 27.5 Å². The van der Waals surface area contributed by atoms with Gasteiger partial charge in [-0.3, -0.25) is 4.90 Å². The molecule has 0 radical (unpaired) electrons. The predicted octanol–water partition coefficient (Wildman–Crippen LogP) is 7.12. The fourth-order valence-corrected chi connectivity index (χ4v) is 9.37. The minimum atomic E-state index is -0.571. The van der Waals surface area contributed by atoms with Crippen LogP contribution in [0.1, 0.15) is 75.8 Å². The molecule has 2 unspecified atom stereocenters. The number of hydrogen-bond acceptors (Lipinski definition) is 7. The summed E-state index contributed by atoms with van der Waals surface area (Å²) >= 11 is 0. The summed E-state index contributed by atoms with van der Waals surface area (Å²) in [5.74, 6) is 2.70. The van der Waals surface area contributed by atoms with Gasteiger partial charge < -0.3 is 20.1 Å². The number of anilines is 1. The Morgan fingerprint density at radius 3 is 2.53 bits per heavy atom. The summed E-state index contributed by atoms with van der Waals surface area (Å²) in [4.78, 5) is 14.8. The summed E-state index contributed by atoms with van der Waals surface area (Å²) in [5.41, 5.74) is 1.57. The van der Waals surface area contributed by atoms with Crippen LogP contribution in [-0.2, 0) is 0 Å². The zero-order chi connectivity index (χ0) is 33.6. The number of hydrogen-bond donors (Lipinski definition) is 2. The third kappa shape index (κ3) is 5.30. The van der Waals surface area contributed by atoms with Crippen molar-refractivity contribution in [2.24, 2.45) is 11.3 Å². The summed E-state index contributed by atoms with van der Waals surface area (Å²) in [7, 11) is 0. The number of nitrogens with one attached hydrogen (secondary N) is 1. The highest BCUT2D eigenvalue weighted by Crippen LogP contribution is 2.50. The molecule has 9 rings (SSSR count). The van der Waals surface area contributed by atoms with E-state index in [2.05, 4.69) is 21.0 Å². The van der Waals surface area contributed by atoms with Gasteiger partial charge in [0.15, 0.2) is 5.82 Å². The van der Waals surface area contributed by atoms with Gasteiger partial charge in [-0.1, -0.05) is 25.8 Å². The number of terminal acetylenes is 1. The number of piperazine rings is 1. The first-order chi connectivity index (χ1) is 23.7. The molecule has 3 saturated heterocycles. The topological polar surface area (TPSA) is 73.8 Å². The maximum absolute atomic E-state index is 17.5. The average molecular weight is 664 g/mol. The Morgan fingerprint density at radius 1 is 1.06 bits per heavy atom. The number of rotatable bonds is 8. The average Bonchev–Trinajstić information content (AvgIpc) is 3.34. The van der Waals surface area contributed by atoms with Crippen molar-refractivity contribution in [1.82, 2.24) is 20.2 Å². The first-order valence-electron chi connectivity index (χ1n) is 18.0. The van der Waals surface area contributed by atoms with E-state index in [1.54, 1.807) is 6.07 Å². The van der Waals surface area contributed by atoms with Crippen LogP contribution in [0.5, 0.6) is 11.8 Å². The highest BCUT2D eigenvalue weighted by molar-refractivity contribution is 6.05. The van der Waals surface area contributed by atoms with Gasteiger partial charge in [0.2, 0.25) is 0 Å². The van der Waals surface area contributed by atoms with Crippen molar-refractivity contribution in [3.05, 3.63) is 53.1 Å². The molecule has 2 saturated carbocycles. The smallest absolute Gasteiger partial charge is 0.319 e. The molecular weight excluding hydrogens is 620 g/mol. The Bertz CT molecular complexity index is 2030. The molecule has 4 atom stereocenters. The first-order valence-corrected chi connectivity index (χ1v) is 18.0. The summed E-state index contributed by atoms with van der Waals surface area (Å²) in [6.45, 7) is 8.27. The second-order valence-corrected chi connectivity index (χ2v) is 15.8. The van der Waals surface area contributed by atoms with Crippen LogP contribution in [0.15, 0.2) is 30.3 Å². The standard InChI is InChI=1S/C40H43F2N5O2/c1-4-29-33(41)10-6-24-14-28(48)15-31(34(24)29)35-30(22(2)3)16-32-37(36(35)42)44-39(45-38(32)46-18-25-7-8-26(19-46)43-25)49-21-40(11-12-40)20-47-17-23-5-9-27(47)13-23/h1,6,10,14-16,22-23,25-27,43,48H,5,7-9,11-13,17-21H2,2-3H3/t23-,25?,26?,27+/m0/s1. The minimum Gasteiger partial charge on any atom is -0.508 e. The van der Waals surface area contributed by atoms with Gasteiger partial charge in [-0.05, 0) is 97.6 Å². The number of aromatic hydroxyl groups is 1. The van der Waals surface area contributed by atoms with E-state index in [0.717, 1.165) is 51.2 Å². The largest absolute Gasteiger partial charge is 0.508 e. The Kier molecular flexibility index (Phi) is 7.30. The lowest BCUT2D eigenvalue weighted by molar-refractivity contribution is 0.130. The SMILES string of the molecule is C#Cc1c(F)ccc2cc(O)cc(-c3c(C(C)C)cc4c(N5CC6CCC(C5)N6)nc(OCC5(CN6C[C@H]7CC[C@@H]6C7)CC5)nc4c3F)c12. The van der Waals surface area contributed by atoms with Gasteiger partial charge >= 0.3 is 6.01 Å². The first kappa shape index (κ1) is 31.0. The molecule has 3 aromatic carbocycles. The Labute approximate surface area is 286 Å². The van der Waals surface area contributed by atoms with E-state index in [9.17, 15) is 5.11 Å². The van der Waals surface area contributed by atoms with Gasteiger partial charge in [-0.15, -0.1) is 6.42 Å². The van der Waals surface area contributed by atoms with E-state index in [0.29, 0.717) is 57.8 Å². The van der Waals surface area contributed by atoms with Gasteiger partial charge in [0.25, 0.3) is 0 Å². The highest BCUT2D eigenvalue weighted by Gasteiger charge is 2.49. The van der Waals surface area contributed by atoms with Gasteiger partial charge in [-0.25, -0.2) is 8.78 Å². The van der Waals surface area contributed by atoms with E-state index in [4.69, 9.17) is 21.1 Å². The molecular formula is C40H43F2N5O2. The molecule has 254 valence electrons. The number of likely N-dealkylation sites (tertiary alicyclic amines) is 1. The van der Waals surface area contributed by atoms with Crippen LogP contribution in [0.3, 0.4) is 0 Å². The number of halogens is 2. The fraction of sp³-hybridized carbons (Fsp3) is 0.500. The Morgan fingerprint density at radius 2 is 1.86 bits per heavy atom. The quantitative estimate of drug-likeness (QED) is 0.195. The molecule has 9 heteroatoms. The van der Waals surface area contributed by atoms with Crippen molar-refractivity contribution in [1.29, 1.82) is 0 Å². The molecule has 2 N–H and O–H groups in total. The van der Waals surface area contributed by atoms with Gasteiger partial charge in [-0.2, -0.15) is 9.97 Å². The lowest BCUT2D eigenvalue weighted by Crippen LogP contribution is -2.51. The monoisotopic (exact) mass is 663 g/mol. The maximum atomic E-state index is 17.5. The van der Waals surface area contributed by atoms with E-state index in [-0.39, 0.29) is 39.7 Å². The highest BCUT2D eigenvalue weighted by atomic mass is 19.1. The van der Waals surface area contributed by atoms with Crippen LogP contribution in [0, 0.1) is 35.3 Å². The predicted molar refractivity (Wildman–Crippen MR) is 188 cm³/mol. The Hall–Kier alpha value is -4.00. The number of ether oxygens (including phenoxy) is 1. The van der Waals surface area contributed by atoms with Crippen LogP contribution in [0.4, 0.5) is 14.6 Å². The molecule has 0 amide bonds. The molecule has 5 aliphatic rings. The normalized spacial score (nSPS) is 25.5. The van der Waals surface area contributed by atoms with Gasteiger partial charge in [0.05, 0.1) is 12.2 Å². The van der Waals surface area contributed by atoms with Crippen molar-refractivity contribution in [2.75, 3.05) is 37.7 Å². The molecule has 2 aliphatic carbocycles. The van der Waals surface area contributed by atoms with Crippen molar-refractivity contribution < 1.29 is 18.6 Å². The summed E-state index contributed by atoms with van der Waals surface area (Å²) < 4.78 is 39.1. The zero-order valence-electron chi connectivity index (χ0n) is 28.2. The molecule has 7 nitrogen and oxygen atoms in total. The third-order valence-corrected chi connectivity index (χ3v) is 12.1. The second-order valence-electron chi connectivity index (χ2n) is 15.8. The molecule has 4 bridgehead atoms. The molecule has 4 heterocycles. The summed E-state index contributed by atoms with van der Waals surface area (Å²) in [5, 5.41) is 16.0. The molecule has 1 aromatic heterocycles. The van der Waals surface area contributed by atoms with Crippen molar-refractivity contribution in [3.8, 4) is 35.2 Å². The van der Waals surface area contributed by atoms with Crippen LogP contribution >= 0.6 is 0 Å². The number of aromatic nitrogens is 2. The third-order valence-electron chi connectivity index (χ3n) is 12.1. The van der Waals surface area contributed by atoms with Crippen LogP contribution in [0.2, 0.25) is 0 Å². The maximum Gasteiger partial charge on any atom is 0.319 e. The molecule has 0 spiro atoms. The number of piperidine rings is 1. The minimum absolute atomic E-state index is 0.0337. The number of benzene rings is 3. The van der Waals surface area contributed by atoms with Crippen LogP contribution in [0.25, 0.3) is 32.8 Å². The van der Waals surface area contributed by atoms with E-state index >= 15 is 8.78 Å². The molecule has 5 fully saturated rings. The van der Waals surface area contributed by atoms with Crippen LogP contribution in [-0.4, -0.2) is 70.9 Å². The summed E-state index contributed by atoms with van der Waals surface area (Å²) in [6, 6.07) is 9.42. The van der Waals surface area contributed by atoms with Gasteiger partial charge in [0, 0.05) is 66.1 Å². The lowest BCUT2D eigenvalue weighted by atomic mass is 9.86. The van der Waals surface area contributed by atoms with Gasteiger partial charge in [0.1, 0.15) is 22.9 Å². The fourth-order valence-electron chi connectivity index (χ4n) is 9.37. The molecule has 4 aromatic rings. The van der Waals surface area contributed by atoms with Crippen molar-refractivity contribution in [3.63, 3.8) is 0 Å². The Balaban J connectivity index is 1.18. The number of fused-ring (bicyclic) bond motifs is 6. The summed E-state index contributed by atoms with van der Waals surface area (Å²) in [6.07, 6.45) is 14.2. The second kappa shape index (κ2) is 11.5. The van der Waals surface area contributed by atoms with E-state index < -0.39 is 11.6 Å². The van der Waals surface area contributed by atoms with E-state index in [1.165, 1.54) is 44.0 Å². The molecule has 49 heavy (non-hydrogen) atoms. The molecule has 3 aliphatic heterocycles. The number of phenolic OH excluding ortho intramolecular Hbond substituents is 1.